The van der Waals surface area contributed by atoms with Crippen LogP contribution in [0.2, 0.25) is 0 Å². The van der Waals surface area contributed by atoms with E-state index in [1.807, 2.05) is 26.0 Å². The molecule has 1 aliphatic heterocycles. The third-order valence-corrected chi connectivity index (χ3v) is 4.22. The van der Waals surface area contributed by atoms with E-state index in [0.29, 0.717) is 5.69 Å². The predicted octanol–water partition coefficient (Wildman–Crippen LogP) is 1.42. The van der Waals surface area contributed by atoms with E-state index in [1.54, 1.807) is 11.7 Å². The number of likely N-dealkylation sites (tertiary alicyclic amines) is 1. The Hall–Kier alpha value is -2.15. The van der Waals surface area contributed by atoms with Gasteiger partial charge < -0.3 is 9.84 Å². The zero-order chi connectivity index (χ0) is 16.4. The second kappa shape index (κ2) is 6.54. The third-order valence-electron chi connectivity index (χ3n) is 4.22. The van der Waals surface area contributed by atoms with E-state index in [-0.39, 0.29) is 11.9 Å². The van der Waals surface area contributed by atoms with Crippen LogP contribution in [0.3, 0.4) is 0 Å². The molecule has 3 rings (SSSR count). The number of hydrogen-bond donors (Lipinski definition) is 1. The first-order valence-corrected chi connectivity index (χ1v) is 7.97. The number of rotatable bonds is 4. The summed E-state index contributed by atoms with van der Waals surface area (Å²) in [5.74, 6) is 0.798. The lowest BCUT2D eigenvalue weighted by Crippen LogP contribution is -2.44. The Morgan fingerprint density at radius 1 is 1.35 bits per heavy atom. The summed E-state index contributed by atoms with van der Waals surface area (Å²) < 4.78 is 6.73. The van der Waals surface area contributed by atoms with Crippen LogP contribution in [0.5, 0.6) is 0 Å². The van der Waals surface area contributed by atoms with E-state index in [4.69, 9.17) is 4.52 Å². The third kappa shape index (κ3) is 3.79. The van der Waals surface area contributed by atoms with Crippen LogP contribution in [-0.2, 0) is 13.6 Å². The fourth-order valence-corrected chi connectivity index (χ4v) is 3.04. The smallest absolute Gasteiger partial charge is 0.269 e. The Morgan fingerprint density at radius 3 is 2.65 bits per heavy atom. The zero-order valence-corrected chi connectivity index (χ0v) is 13.9. The Kier molecular flexibility index (Phi) is 4.47. The van der Waals surface area contributed by atoms with E-state index in [0.717, 1.165) is 49.6 Å². The molecule has 0 bridgehead atoms. The van der Waals surface area contributed by atoms with Crippen molar-refractivity contribution < 1.29 is 9.32 Å². The lowest BCUT2D eigenvalue weighted by molar-refractivity contribution is 0.0898. The van der Waals surface area contributed by atoms with Gasteiger partial charge in [0.25, 0.3) is 5.91 Å². The first-order chi connectivity index (χ1) is 11.0. The van der Waals surface area contributed by atoms with E-state index >= 15 is 0 Å². The van der Waals surface area contributed by atoms with Crippen molar-refractivity contribution in [3.8, 4) is 0 Å². The molecule has 2 aromatic rings. The summed E-state index contributed by atoms with van der Waals surface area (Å²) in [7, 11) is 1.80. The number of nitrogens with zero attached hydrogens (tertiary/aromatic N) is 4. The van der Waals surface area contributed by atoms with Gasteiger partial charge in [0.15, 0.2) is 0 Å². The van der Waals surface area contributed by atoms with E-state index < -0.39 is 0 Å². The van der Waals surface area contributed by atoms with E-state index in [1.165, 1.54) is 0 Å². The number of nitrogens with one attached hydrogen (secondary N) is 1. The molecule has 23 heavy (non-hydrogen) atoms. The molecular formula is C16H23N5O2. The number of hydrogen-bond acceptors (Lipinski definition) is 5. The van der Waals surface area contributed by atoms with E-state index in [9.17, 15) is 4.79 Å². The SMILES string of the molecule is Cc1cc(C(=O)NC2CCN(Cc3cc(C)on3)CC2)n(C)n1. The largest absolute Gasteiger partial charge is 0.361 e. The van der Waals surface area contributed by atoms with Crippen molar-refractivity contribution in [3.05, 3.63) is 35.0 Å². The molecule has 0 radical (unpaired) electrons. The molecule has 1 N–H and O–H groups in total. The molecule has 2 aromatic heterocycles. The Balaban J connectivity index is 1.49. The van der Waals surface area contributed by atoms with Crippen molar-refractivity contribution in [2.24, 2.45) is 7.05 Å². The zero-order valence-electron chi connectivity index (χ0n) is 13.9. The lowest BCUT2D eigenvalue weighted by Gasteiger charge is -2.31. The van der Waals surface area contributed by atoms with Crippen molar-refractivity contribution in [2.75, 3.05) is 13.1 Å². The normalized spacial score (nSPS) is 16.7. The van der Waals surface area contributed by atoms with Crippen LogP contribution < -0.4 is 5.32 Å². The van der Waals surface area contributed by atoms with Gasteiger partial charge in [0.05, 0.1) is 11.4 Å². The average molecular weight is 317 g/mol. The summed E-state index contributed by atoms with van der Waals surface area (Å²) in [6, 6.07) is 4.00. The van der Waals surface area contributed by atoms with Gasteiger partial charge >= 0.3 is 0 Å². The van der Waals surface area contributed by atoms with Crippen molar-refractivity contribution in [1.29, 1.82) is 0 Å². The van der Waals surface area contributed by atoms with Crippen molar-refractivity contribution in [3.63, 3.8) is 0 Å². The molecule has 3 heterocycles. The van der Waals surface area contributed by atoms with Crippen LogP contribution in [0.1, 0.15) is 40.5 Å². The molecular weight excluding hydrogens is 294 g/mol. The van der Waals surface area contributed by atoms with Crippen molar-refractivity contribution in [1.82, 2.24) is 25.2 Å². The maximum Gasteiger partial charge on any atom is 0.269 e. The number of carbonyl (C=O) groups excluding carboxylic acids is 1. The van der Waals surface area contributed by atoms with Crippen LogP contribution in [0.4, 0.5) is 0 Å². The molecule has 0 atom stereocenters. The highest BCUT2D eigenvalue weighted by atomic mass is 16.5. The molecule has 124 valence electrons. The Bertz CT molecular complexity index is 682. The van der Waals surface area contributed by atoms with Gasteiger partial charge in [0.1, 0.15) is 11.5 Å². The second-order valence-electron chi connectivity index (χ2n) is 6.25. The molecule has 7 heteroatoms. The van der Waals surface area contributed by atoms with Crippen molar-refractivity contribution in [2.45, 2.75) is 39.3 Å². The molecule has 0 unspecified atom stereocenters. The van der Waals surface area contributed by atoms with Gasteiger partial charge in [-0.15, -0.1) is 0 Å². The van der Waals surface area contributed by atoms with Gasteiger partial charge in [-0.2, -0.15) is 5.10 Å². The van der Waals surface area contributed by atoms with Crippen LogP contribution in [-0.4, -0.2) is 44.9 Å². The molecule has 1 fully saturated rings. The molecule has 0 saturated carbocycles. The van der Waals surface area contributed by atoms with Gasteiger partial charge in [-0.1, -0.05) is 5.16 Å². The number of carbonyl (C=O) groups is 1. The number of amides is 1. The first-order valence-electron chi connectivity index (χ1n) is 7.97. The fourth-order valence-electron chi connectivity index (χ4n) is 3.04. The first kappa shape index (κ1) is 15.7. The Morgan fingerprint density at radius 2 is 2.09 bits per heavy atom. The van der Waals surface area contributed by atoms with Crippen molar-refractivity contribution >= 4 is 5.91 Å². The van der Waals surface area contributed by atoms with Gasteiger partial charge in [-0.25, -0.2) is 0 Å². The highest BCUT2D eigenvalue weighted by Crippen LogP contribution is 2.14. The van der Waals surface area contributed by atoms with Crippen LogP contribution >= 0.6 is 0 Å². The minimum Gasteiger partial charge on any atom is -0.361 e. The maximum absolute atomic E-state index is 12.3. The molecule has 0 aliphatic carbocycles. The summed E-state index contributed by atoms with van der Waals surface area (Å²) in [6.07, 6.45) is 1.89. The monoisotopic (exact) mass is 317 g/mol. The standard InChI is InChI=1S/C16H23N5O2/c1-11-8-15(20(3)18-11)16(22)17-13-4-6-21(7-5-13)10-14-9-12(2)23-19-14/h8-9,13H,4-7,10H2,1-3H3,(H,17,22). The molecule has 1 saturated heterocycles. The highest BCUT2D eigenvalue weighted by Gasteiger charge is 2.23. The molecule has 0 aromatic carbocycles. The summed E-state index contributed by atoms with van der Waals surface area (Å²) in [4.78, 5) is 14.7. The summed E-state index contributed by atoms with van der Waals surface area (Å²) in [5, 5.41) is 11.4. The van der Waals surface area contributed by atoms with Gasteiger partial charge in [-0.3, -0.25) is 14.4 Å². The minimum absolute atomic E-state index is 0.0429. The van der Waals surface area contributed by atoms with Gasteiger partial charge in [0.2, 0.25) is 0 Å². The van der Waals surface area contributed by atoms with E-state index in [2.05, 4.69) is 20.5 Å². The summed E-state index contributed by atoms with van der Waals surface area (Å²) >= 11 is 0. The van der Waals surface area contributed by atoms with Gasteiger partial charge in [-0.05, 0) is 32.8 Å². The van der Waals surface area contributed by atoms with Crippen LogP contribution in [0.15, 0.2) is 16.7 Å². The Labute approximate surface area is 135 Å². The molecule has 1 amide bonds. The quantitative estimate of drug-likeness (QED) is 0.923. The minimum atomic E-state index is -0.0429. The molecule has 1 aliphatic rings. The second-order valence-corrected chi connectivity index (χ2v) is 6.25. The number of aryl methyl sites for hydroxylation is 3. The predicted molar refractivity (Wildman–Crippen MR) is 85.0 cm³/mol. The molecule has 0 spiro atoms. The van der Waals surface area contributed by atoms with Gasteiger partial charge in [0, 0.05) is 38.8 Å². The fraction of sp³-hybridized carbons (Fsp3) is 0.562. The lowest BCUT2D eigenvalue weighted by atomic mass is 10.0. The number of aromatic nitrogens is 3. The number of piperidine rings is 1. The summed E-state index contributed by atoms with van der Waals surface area (Å²) in [5.41, 5.74) is 2.44. The molecule has 7 nitrogen and oxygen atoms in total. The highest BCUT2D eigenvalue weighted by molar-refractivity contribution is 5.92. The topological polar surface area (TPSA) is 76.2 Å². The summed E-state index contributed by atoms with van der Waals surface area (Å²) in [6.45, 7) is 6.49. The average Bonchev–Trinajstić information content (AvgIpc) is 3.06. The maximum atomic E-state index is 12.3. The van der Waals surface area contributed by atoms with Crippen LogP contribution in [0, 0.1) is 13.8 Å². The van der Waals surface area contributed by atoms with Crippen LogP contribution in [0.25, 0.3) is 0 Å².